The van der Waals surface area contributed by atoms with E-state index in [1.807, 2.05) is 214 Å². The van der Waals surface area contributed by atoms with Gasteiger partial charge >= 0.3 is 0 Å². The highest BCUT2D eigenvalue weighted by Gasteiger charge is 2.37. The average molecular weight is 1760 g/mol. The van der Waals surface area contributed by atoms with Gasteiger partial charge in [-0.1, -0.05) is 201 Å². The molecular weight excluding hydrogens is 1680 g/mol. The van der Waals surface area contributed by atoms with E-state index in [0.717, 1.165) is 135 Å². The summed E-state index contributed by atoms with van der Waals surface area (Å²) in [6.45, 7) is 8.08. The molecule has 3 amide bonds. The lowest BCUT2D eigenvalue weighted by Gasteiger charge is -2.16. The maximum atomic E-state index is 14.8. The van der Waals surface area contributed by atoms with Crippen LogP contribution in [0.15, 0.2) is 331 Å². The van der Waals surface area contributed by atoms with Crippen LogP contribution in [0.1, 0.15) is 117 Å². The first-order chi connectivity index (χ1) is 63.1. The minimum Gasteiger partial charge on any atom is -0.441 e. The highest BCUT2D eigenvalue weighted by Crippen LogP contribution is 2.37. The number of oxazole rings is 1. The number of fused-ring (bicyclic) bond motifs is 7. The molecular formula is C104H88F2N14O8S2. The summed E-state index contributed by atoms with van der Waals surface area (Å²) in [4.78, 5) is 64.6. The zero-order valence-electron chi connectivity index (χ0n) is 71.6. The largest absolute Gasteiger partial charge is 0.441 e. The number of amides is 3. The second kappa shape index (κ2) is 37.2. The number of hydrogen-bond acceptors (Lipinski definition) is 15. The first-order valence-corrected chi connectivity index (χ1v) is 45.4. The average Bonchev–Trinajstić information content (AvgIpc) is 1.62. The van der Waals surface area contributed by atoms with E-state index in [2.05, 4.69) is 95.8 Å². The lowest BCUT2D eigenvalue weighted by Crippen LogP contribution is -2.24. The molecule has 0 atom stereocenters. The van der Waals surface area contributed by atoms with Gasteiger partial charge in [-0.05, 0) is 165 Å². The summed E-state index contributed by atoms with van der Waals surface area (Å²) in [6, 6.07) is 86.3. The molecule has 130 heavy (non-hydrogen) atoms. The normalized spacial score (nSPS) is 14.3. The van der Waals surface area contributed by atoms with Gasteiger partial charge in [0.05, 0.1) is 51.0 Å². The Morgan fingerprint density at radius 3 is 1.52 bits per heavy atom. The monoisotopic (exact) mass is 1760 g/mol. The second-order valence-corrected chi connectivity index (χ2v) is 36.3. The molecule has 11 heterocycles. The molecule has 0 N–H and O–H groups in total. The Morgan fingerprint density at radius 1 is 0.400 bits per heavy atom. The quantitative estimate of drug-likeness (QED) is 0.0822. The van der Waals surface area contributed by atoms with Crippen LogP contribution in [-0.2, 0) is 112 Å². The topological polar surface area (TPSA) is 249 Å². The number of nitrogens with zero attached hydrogens (tertiary/aromatic N) is 14. The number of carbonyl (C=O) groups excluding carboxylic acids is 3. The number of aryl methyl sites for hydroxylation is 4. The third-order valence-corrected chi connectivity index (χ3v) is 27.4. The second-order valence-electron chi connectivity index (χ2n) is 32.5. The summed E-state index contributed by atoms with van der Waals surface area (Å²) < 4.78 is 92.0. The van der Waals surface area contributed by atoms with E-state index in [1.165, 1.54) is 27.6 Å². The molecule has 0 aliphatic carbocycles. The minimum absolute atomic E-state index is 0.0485. The van der Waals surface area contributed by atoms with Crippen molar-refractivity contribution in [3.8, 4) is 44.8 Å². The molecule has 5 aliphatic rings. The van der Waals surface area contributed by atoms with Crippen LogP contribution in [-0.4, -0.2) is 102 Å². The standard InChI is InChI=1S/C22H17FN4O.C22H18N4O.C21H18FN3O.C21H19NO2S.C18H16N2O3S/c1-26-20-10-15(4-6-16(20)11-25-26)14-5-7-17(19(23)9-14)12-27-13-18-3-2-8-24-21(18)22(27)28;1-25-13-18-11-17(8-9-20(18)24-25)16-6-4-15(5-7-16)12-26-14-21-19(22(26)27)3-2-10-23-21;1-2-20-23-10-17(11-24-20)14-7-8-16(19(22)9-14)13-25-12-15-5-3-4-6-18(15)21(25)26;23-25(24)21-9-5-4-8-20(21)16-22(25)15-19-12-10-18(11-13-19)14-17-6-2-1-3-7-17;1-13-10-19-18(23-13)15-8-6-14(7-9-15)11-20-12-16-4-2-3-5-17(16)24(20,21)22/h2-11H,12-13H2,1H3;2-11,13H,12,14H2,1H3;3-11H,2,12-13H2,1H3;1-13H,14-16H2;2-10H,11-12H2,1H3. The van der Waals surface area contributed by atoms with Crippen molar-refractivity contribution in [2.75, 3.05) is 0 Å². The van der Waals surface area contributed by atoms with Crippen molar-refractivity contribution in [2.45, 2.75) is 102 Å². The Balaban J connectivity index is 0.000000109. The van der Waals surface area contributed by atoms with Crippen LogP contribution in [0, 0.1) is 18.6 Å². The van der Waals surface area contributed by atoms with Gasteiger partial charge in [-0.2, -0.15) is 18.8 Å². The molecule has 6 aromatic heterocycles. The van der Waals surface area contributed by atoms with Gasteiger partial charge in [0.15, 0.2) is 0 Å². The van der Waals surface area contributed by atoms with Crippen LogP contribution in [0.2, 0.25) is 0 Å². The molecule has 17 aromatic rings. The van der Waals surface area contributed by atoms with Crippen LogP contribution >= 0.6 is 0 Å². The van der Waals surface area contributed by atoms with E-state index < -0.39 is 20.0 Å². The van der Waals surface area contributed by atoms with Gasteiger partial charge < -0.3 is 19.1 Å². The summed E-state index contributed by atoms with van der Waals surface area (Å²) in [5.74, 6) is 1.30. The van der Waals surface area contributed by atoms with Crippen molar-refractivity contribution in [3.63, 3.8) is 0 Å². The van der Waals surface area contributed by atoms with E-state index >= 15 is 0 Å². The Labute approximate surface area is 751 Å². The number of pyridine rings is 2. The number of hydrogen-bond donors (Lipinski definition) is 0. The van der Waals surface area contributed by atoms with Crippen LogP contribution in [0.25, 0.3) is 66.6 Å². The molecule has 0 fully saturated rings. The zero-order chi connectivity index (χ0) is 89.7. The van der Waals surface area contributed by atoms with Crippen molar-refractivity contribution < 1.29 is 44.4 Å². The van der Waals surface area contributed by atoms with Gasteiger partial charge in [0.1, 0.15) is 28.9 Å². The maximum absolute atomic E-state index is 14.8. The van der Waals surface area contributed by atoms with Crippen molar-refractivity contribution in [2.24, 2.45) is 14.1 Å². The van der Waals surface area contributed by atoms with Gasteiger partial charge in [0.2, 0.25) is 25.9 Å². The molecule has 0 unspecified atom stereocenters. The summed E-state index contributed by atoms with van der Waals surface area (Å²) in [5.41, 5.74) is 21.3. The number of sulfonamides is 2. The molecule has 0 radical (unpaired) electrons. The molecule has 0 saturated carbocycles. The molecule has 22 rings (SSSR count). The van der Waals surface area contributed by atoms with Crippen molar-refractivity contribution in [1.82, 2.24) is 67.8 Å². The Kier molecular flexibility index (Phi) is 24.5. The zero-order valence-corrected chi connectivity index (χ0v) is 73.2. The summed E-state index contributed by atoms with van der Waals surface area (Å²) >= 11 is 0. The Bertz CT molecular complexity index is 7360. The number of carbonyl (C=O) groups is 3. The number of rotatable bonds is 17. The third-order valence-electron chi connectivity index (χ3n) is 23.6. The molecule has 0 spiro atoms. The van der Waals surface area contributed by atoms with E-state index in [-0.39, 0.29) is 42.4 Å². The summed E-state index contributed by atoms with van der Waals surface area (Å²) in [6.07, 6.45) is 13.9. The van der Waals surface area contributed by atoms with E-state index in [0.29, 0.717) is 90.4 Å². The highest BCUT2D eigenvalue weighted by molar-refractivity contribution is 7.89. The molecule has 22 nitrogen and oxygen atoms in total. The maximum Gasteiger partial charge on any atom is 0.273 e. The Hall–Kier alpha value is -15.0. The molecule has 5 aliphatic heterocycles. The van der Waals surface area contributed by atoms with Crippen molar-refractivity contribution >= 4 is 59.6 Å². The number of aromatic nitrogens is 9. The van der Waals surface area contributed by atoms with Crippen LogP contribution in [0.4, 0.5) is 8.78 Å². The van der Waals surface area contributed by atoms with Gasteiger partial charge in [0.25, 0.3) is 17.7 Å². The lowest BCUT2D eigenvalue weighted by molar-refractivity contribution is 0.0755. The van der Waals surface area contributed by atoms with E-state index in [4.69, 9.17) is 4.42 Å². The van der Waals surface area contributed by atoms with Crippen LogP contribution in [0.3, 0.4) is 0 Å². The predicted molar refractivity (Wildman–Crippen MR) is 493 cm³/mol. The van der Waals surface area contributed by atoms with Crippen molar-refractivity contribution in [3.05, 3.63) is 423 Å². The fourth-order valence-electron chi connectivity index (χ4n) is 16.7. The molecule has 0 saturated heterocycles. The first-order valence-electron chi connectivity index (χ1n) is 42.6. The van der Waals surface area contributed by atoms with Crippen molar-refractivity contribution in [1.29, 1.82) is 0 Å². The first kappa shape index (κ1) is 85.8. The van der Waals surface area contributed by atoms with E-state index in [1.54, 1.807) is 86.2 Å². The minimum atomic E-state index is -3.40. The van der Waals surface area contributed by atoms with Gasteiger partial charge in [-0.3, -0.25) is 33.7 Å². The van der Waals surface area contributed by atoms with Gasteiger partial charge in [-0.25, -0.2) is 40.6 Å². The number of halogens is 2. The smallest absolute Gasteiger partial charge is 0.273 e. The molecule has 0 bridgehead atoms. The van der Waals surface area contributed by atoms with Crippen LogP contribution in [0.5, 0.6) is 0 Å². The Morgan fingerprint density at radius 2 is 0.900 bits per heavy atom. The van der Waals surface area contributed by atoms with E-state index in [9.17, 15) is 40.0 Å². The molecule has 26 heteroatoms. The fraction of sp³-hybridized carbons (Fsp3) is 0.154. The summed E-state index contributed by atoms with van der Waals surface area (Å²) in [5, 5.41) is 10.8. The third kappa shape index (κ3) is 18.6. The fourth-order valence-corrected chi connectivity index (χ4v) is 19.9. The van der Waals surface area contributed by atoms with Gasteiger partial charge in [-0.15, -0.1) is 0 Å². The van der Waals surface area contributed by atoms with Gasteiger partial charge in [0, 0.05) is 155 Å². The SMILES string of the molecule is CCc1ncc(-c2ccc(CN3Cc4ccccc4C3=O)c(F)c2)cn1.Cc1cnc(-c2ccc(CN3Cc4ccccc4S3(=O)=O)cc2)o1.Cn1cc2cc(-c3ccc(CN4Cc5ncccc5C4=O)cc3)ccc2n1.Cn1ncc2ccc(-c3ccc(CN4Cc5cccnc5C4=O)c(F)c3)cc21.O=S1(=O)c2ccccc2CN1Cc1ccc(Cc2ccccc2)cc1. The molecule has 648 valence electrons. The summed E-state index contributed by atoms with van der Waals surface area (Å²) in [7, 11) is -2.95. The number of benzene rings is 11. The lowest BCUT2D eigenvalue weighted by atomic mass is 10.0. The highest BCUT2D eigenvalue weighted by atomic mass is 32.2. The van der Waals surface area contributed by atoms with Crippen LogP contribution < -0.4 is 0 Å². The molecule has 11 aromatic carbocycles. The predicted octanol–water partition coefficient (Wildman–Crippen LogP) is 19.1.